The summed E-state index contributed by atoms with van der Waals surface area (Å²) in [6.07, 6.45) is 4.35. The predicted molar refractivity (Wildman–Crippen MR) is 45.0 cm³/mol. The lowest BCUT2D eigenvalue weighted by Crippen LogP contribution is -2.16. The molecule has 1 nitrogen and oxygen atoms in total. The summed E-state index contributed by atoms with van der Waals surface area (Å²) in [6, 6.07) is 0. The van der Waals surface area contributed by atoms with Gasteiger partial charge in [0, 0.05) is 0 Å². The summed E-state index contributed by atoms with van der Waals surface area (Å²) >= 11 is 0. The lowest BCUT2D eigenvalue weighted by atomic mass is 9.98. The molecule has 0 aliphatic rings. The van der Waals surface area contributed by atoms with Gasteiger partial charge < -0.3 is 5.11 Å². The number of rotatable bonds is 5. The molecule has 0 rings (SSSR count). The van der Waals surface area contributed by atoms with E-state index < -0.39 is 0 Å². The van der Waals surface area contributed by atoms with Crippen molar-refractivity contribution < 1.29 is 5.11 Å². The topological polar surface area (TPSA) is 20.2 Å². The Labute approximate surface area is 64.5 Å². The van der Waals surface area contributed by atoms with E-state index in [0.29, 0.717) is 5.92 Å². The largest absolute Gasteiger partial charge is 0.393 e. The molecular formula is C9H20O. The summed E-state index contributed by atoms with van der Waals surface area (Å²) in [4.78, 5) is 0. The fourth-order valence-corrected chi connectivity index (χ4v) is 0.970. The highest BCUT2D eigenvalue weighted by Gasteiger charge is 2.10. The molecule has 0 radical (unpaired) electrons. The number of aliphatic hydroxyl groups excluding tert-OH is 1. The predicted octanol–water partition coefficient (Wildman–Crippen LogP) is 2.58. The van der Waals surface area contributed by atoms with Crippen molar-refractivity contribution in [2.75, 3.05) is 0 Å². The average Bonchev–Trinajstić information content (AvgIpc) is 1.98. The SMILES string of the molecule is CCCC[C@@H](O)[C@@H](C)CC. The minimum Gasteiger partial charge on any atom is -0.393 e. The maximum absolute atomic E-state index is 9.45. The summed E-state index contributed by atoms with van der Waals surface area (Å²) in [5, 5.41) is 9.45. The van der Waals surface area contributed by atoms with Gasteiger partial charge in [-0.1, -0.05) is 40.0 Å². The molecule has 62 valence electrons. The Kier molecular flexibility index (Phi) is 5.70. The molecular weight excluding hydrogens is 124 g/mol. The lowest BCUT2D eigenvalue weighted by molar-refractivity contribution is 0.103. The van der Waals surface area contributed by atoms with E-state index in [0.717, 1.165) is 19.3 Å². The standard InChI is InChI=1S/C9H20O/c1-4-6-7-9(10)8(3)5-2/h8-10H,4-7H2,1-3H3/t8-,9+/m0/s1. The minimum absolute atomic E-state index is 0.0649. The fourth-order valence-electron chi connectivity index (χ4n) is 0.970. The Balaban J connectivity index is 3.31. The minimum atomic E-state index is -0.0649. The smallest absolute Gasteiger partial charge is 0.0565 e. The van der Waals surface area contributed by atoms with Crippen LogP contribution in [0.3, 0.4) is 0 Å². The number of unbranched alkanes of at least 4 members (excludes halogenated alkanes) is 1. The molecule has 0 aromatic rings. The molecule has 0 unspecified atom stereocenters. The maximum atomic E-state index is 9.45. The van der Waals surface area contributed by atoms with Crippen molar-refractivity contribution in [3.8, 4) is 0 Å². The van der Waals surface area contributed by atoms with Crippen LogP contribution in [0.15, 0.2) is 0 Å². The van der Waals surface area contributed by atoms with E-state index in [1.54, 1.807) is 0 Å². The van der Waals surface area contributed by atoms with Crippen LogP contribution in [0.2, 0.25) is 0 Å². The first-order valence-electron chi connectivity index (χ1n) is 4.40. The Morgan fingerprint density at radius 3 is 2.30 bits per heavy atom. The molecule has 0 saturated heterocycles. The summed E-state index contributed by atoms with van der Waals surface area (Å²) in [7, 11) is 0. The van der Waals surface area contributed by atoms with Crippen molar-refractivity contribution in [1.29, 1.82) is 0 Å². The maximum Gasteiger partial charge on any atom is 0.0565 e. The van der Waals surface area contributed by atoms with Crippen molar-refractivity contribution in [1.82, 2.24) is 0 Å². The van der Waals surface area contributed by atoms with Crippen molar-refractivity contribution >= 4 is 0 Å². The molecule has 1 N–H and O–H groups in total. The third-order valence-electron chi connectivity index (χ3n) is 2.15. The van der Waals surface area contributed by atoms with Crippen LogP contribution in [0.4, 0.5) is 0 Å². The van der Waals surface area contributed by atoms with Gasteiger partial charge in [0.25, 0.3) is 0 Å². The molecule has 2 atom stereocenters. The molecule has 0 fully saturated rings. The van der Waals surface area contributed by atoms with Gasteiger partial charge in [-0.2, -0.15) is 0 Å². The van der Waals surface area contributed by atoms with Crippen LogP contribution >= 0.6 is 0 Å². The number of hydrogen-bond acceptors (Lipinski definition) is 1. The van der Waals surface area contributed by atoms with E-state index >= 15 is 0 Å². The van der Waals surface area contributed by atoms with E-state index in [-0.39, 0.29) is 6.10 Å². The Hall–Kier alpha value is -0.0400. The molecule has 10 heavy (non-hydrogen) atoms. The molecule has 0 heterocycles. The molecule has 0 saturated carbocycles. The highest BCUT2D eigenvalue weighted by atomic mass is 16.3. The van der Waals surface area contributed by atoms with Gasteiger partial charge >= 0.3 is 0 Å². The van der Waals surface area contributed by atoms with Gasteiger partial charge in [0.05, 0.1) is 6.10 Å². The molecule has 0 amide bonds. The second-order valence-electron chi connectivity index (χ2n) is 3.10. The van der Waals surface area contributed by atoms with Crippen LogP contribution in [0.1, 0.15) is 46.5 Å². The van der Waals surface area contributed by atoms with Crippen LogP contribution in [-0.2, 0) is 0 Å². The third kappa shape index (κ3) is 3.89. The van der Waals surface area contributed by atoms with Crippen molar-refractivity contribution in [3.05, 3.63) is 0 Å². The molecule has 0 aliphatic carbocycles. The van der Waals surface area contributed by atoms with Crippen LogP contribution in [0.5, 0.6) is 0 Å². The average molecular weight is 144 g/mol. The molecule has 0 spiro atoms. The Morgan fingerprint density at radius 1 is 1.30 bits per heavy atom. The third-order valence-corrected chi connectivity index (χ3v) is 2.15. The van der Waals surface area contributed by atoms with Crippen molar-refractivity contribution in [2.45, 2.75) is 52.6 Å². The van der Waals surface area contributed by atoms with E-state index in [1.165, 1.54) is 6.42 Å². The summed E-state index contributed by atoms with van der Waals surface area (Å²) in [5.74, 6) is 0.478. The monoisotopic (exact) mass is 144 g/mol. The van der Waals surface area contributed by atoms with Gasteiger partial charge in [-0.3, -0.25) is 0 Å². The normalized spacial score (nSPS) is 16.8. The van der Waals surface area contributed by atoms with E-state index in [4.69, 9.17) is 0 Å². The van der Waals surface area contributed by atoms with E-state index in [1.807, 2.05) is 0 Å². The Morgan fingerprint density at radius 2 is 1.90 bits per heavy atom. The highest BCUT2D eigenvalue weighted by molar-refractivity contribution is 4.61. The van der Waals surface area contributed by atoms with Crippen molar-refractivity contribution in [3.63, 3.8) is 0 Å². The van der Waals surface area contributed by atoms with Gasteiger partial charge in [-0.25, -0.2) is 0 Å². The zero-order chi connectivity index (χ0) is 7.98. The molecule has 0 aliphatic heterocycles. The van der Waals surface area contributed by atoms with Crippen LogP contribution in [0, 0.1) is 5.92 Å². The fraction of sp³-hybridized carbons (Fsp3) is 1.00. The second-order valence-corrected chi connectivity index (χ2v) is 3.10. The summed E-state index contributed by atoms with van der Waals surface area (Å²) in [5.41, 5.74) is 0. The van der Waals surface area contributed by atoms with E-state index in [2.05, 4.69) is 20.8 Å². The molecule has 0 bridgehead atoms. The van der Waals surface area contributed by atoms with E-state index in [9.17, 15) is 5.11 Å². The van der Waals surface area contributed by atoms with Crippen molar-refractivity contribution in [2.24, 2.45) is 5.92 Å². The Bertz CT molecular complexity index is 71.1. The van der Waals surface area contributed by atoms with Crippen LogP contribution in [0.25, 0.3) is 0 Å². The highest BCUT2D eigenvalue weighted by Crippen LogP contribution is 2.12. The van der Waals surface area contributed by atoms with Crippen LogP contribution in [-0.4, -0.2) is 11.2 Å². The molecule has 1 heteroatoms. The first-order chi connectivity index (χ1) is 4.72. The lowest BCUT2D eigenvalue weighted by Gasteiger charge is -2.15. The zero-order valence-electron chi connectivity index (χ0n) is 7.43. The van der Waals surface area contributed by atoms with Crippen LogP contribution < -0.4 is 0 Å². The zero-order valence-corrected chi connectivity index (χ0v) is 7.43. The second kappa shape index (κ2) is 5.72. The van der Waals surface area contributed by atoms with Gasteiger partial charge in [0.15, 0.2) is 0 Å². The van der Waals surface area contributed by atoms with Gasteiger partial charge in [-0.15, -0.1) is 0 Å². The molecule has 0 aromatic heterocycles. The summed E-state index contributed by atoms with van der Waals surface area (Å²) < 4.78 is 0. The quantitative estimate of drug-likeness (QED) is 0.628. The van der Waals surface area contributed by atoms with Gasteiger partial charge in [-0.05, 0) is 12.3 Å². The van der Waals surface area contributed by atoms with Gasteiger partial charge in [0.2, 0.25) is 0 Å². The summed E-state index contributed by atoms with van der Waals surface area (Å²) in [6.45, 7) is 6.39. The molecule has 0 aromatic carbocycles. The first kappa shape index (κ1) is 9.96. The number of aliphatic hydroxyl groups is 1. The first-order valence-corrected chi connectivity index (χ1v) is 4.40. The number of hydrogen-bond donors (Lipinski definition) is 1. The van der Waals surface area contributed by atoms with Gasteiger partial charge in [0.1, 0.15) is 0 Å².